The first kappa shape index (κ1) is 11.7. The number of hydrogen-bond donors (Lipinski definition) is 0. The van der Waals surface area contributed by atoms with Gasteiger partial charge in [0.25, 0.3) is 0 Å². The van der Waals surface area contributed by atoms with E-state index in [1.165, 1.54) is 0 Å². The molecule has 0 N–H and O–H groups in total. The van der Waals surface area contributed by atoms with E-state index in [1.54, 1.807) is 0 Å². The van der Waals surface area contributed by atoms with Crippen LogP contribution in [-0.4, -0.2) is 41.6 Å². The van der Waals surface area contributed by atoms with Gasteiger partial charge in [0.15, 0.2) is 5.82 Å². The number of rotatable bonds is 1. The molecule has 0 spiro atoms. The van der Waals surface area contributed by atoms with Crippen LogP contribution in [0.5, 0.6) is 0 Å². The van der Waals surface area contributed by atoms with E-state index >= 15 is 0 Å². The summed E-state index contributed by atoms with van der Waals surface area (Å²) in [4.78, 5) is 11.2. The zero-order valence-corrected chi connectivity index (χ0v) is 11.2. The van der Waals surface area contributed by atoms with Crippen molar-refractivity contribution in [2.45, 2.75) is 17.6 Å². The third-order valence-corrected chi connectivity index (χ3v) is 4.39. The molecule has 0 aliphatic carbocycles. The summed E-state index contributed by atoms with van der Waals surface area (Å²) in [5.74, 6) is 2.61. The summed E-state index contributed by atoms with van der Waals surface area (Å²) in [7, 11) is 2.08. The van der Waals surface area contributed by atoms with E-state index in [2.05, 4.69) is 21.9 Å². The van der Waals surface area contributed by atoms with Crippen molar-refractivity contribution in [1.29, 1.82) is 0 Å². The average Bonchev–Trinajstić information content (AvgIpc) is 2.77. The van der Waals surface area contributed by atoms with Crippen molar-refractivity contribution in [2.75, 3.05) is 26.7 Å². The summed E-state index contributed by atoms with van der Waals surface area (Å²) in [6.45, 7) is 2.53. The number of ether oxygens (including phenoxy) is 1. The average molecular weight is 272 g/mol. The second kappa shape index (κ2) is 4.72. The van der Waals surface area contributed by atoms with Crippen molar-refractivity contribution >= 4 is 23.4 Å². The smallest absolute Gasteiger partial charge is 0.160 e. The van der Waals surface area contributed by atoms with Crippen LogP contribution in [0.25, 0.3) is 0 Å². The predicted octanol–water partition coefficient (Wildman–Crippen LogP) is 1.88. The zero-order chi connectivity index (χ0) is 11.8. The van der Waals surface area contributed by atoms with Crippen molar-refractivity contribution in [3.05, 3.63) is 22.2 Å². The molecule has 0 amide bonds. The summed E-state index contributed by atoms with van der Waals surface area (Å²) in [6.07, 6.45) is -0.0397. The maximum atomic E-state index is 6.20. The van der Waals surface area contributed by atoms with Gasteiger partial charge >= 0.3 is 0 Å². The summed E-state index contributed by atoms with van der Waals surface area (Å²) in [5, 5.41) is 0.604. The lowest BCUT2D eigenvalue weighted by Gasteiger charge is -2.29. The molecule has 3 heterocycles. The van der Waals surface area contributed by atoms with Gasteiger partial charge in [-0.15, -0.1) is 0 Å². The van der Waals surface area contributed by atoms with Crippen LogP contribution in [0, 0.1) is 0 Å². The third-order valence-electron chi connectivity index (χ3n) is 3.10. The molecule has 92 valence electrons. The van der Waals surface area contributed by atoms with Crippen LogP contribution in [0.4, 0.5) is 0 Å². The summed E-state index contributed by atoms with van der Waals surface area (Å²) < 4.78 is 5.72. The van der Waals surface area contributed by atoms with Crippen molar-refractivity contribution in [1.82, 2.24) is 14.9 Å². The molecule has 1 saturated heterocycles. The van der Waals surface area contributed by atoms with Crippen LogP contribution >= 0.6 is 23.4 Å². The van der Waals surface area contributed by atoms with Gasteiger partial charge in [0.1, 0.15) is 11.3 Å². The highest BCUT2D eigenvalue weighted by Gasteiger charge is 2.26. The fraction of sp³-hybridized carbons (Fsp3) is 0.636. The molecule has 0 saturated carbocycles. The minimum atomic E-state index is -0.0397. The minimum absolute atomic E-state index is 0.0397. The van der Waals surface area contributed by atoms with E-state index in [0.717, 1.165) is 48.3 Å². The van der Waals surface area contributed by atoms with E-state index < -0.39 is 0 Å². The highest BCUT2D eigenvalue weighted by Crippen LogP contribution is 2.33. The van der Waals surface area contributed by atoms with Crippen LogP contribution in [0.3, 0.4) is 0 Å². The lowest BCUT2D eigenvalue weighted by Crippen LogP contribution is -2.36. The van der Waals surface area contributed by atoms with Gasteiger partial charge in [-0.05, 0) is 7.05 Å². The molecule has 1 aromatic rings. The molecule has 3 rings (SSSR count). The molecule has 0 bridgehead atoms. The fourth-order valence-electron chi connectivity index (χ4n) is 2.11. The van der Waals surface area contributed by atoms with Gasteiger partial charge in [0, 0.05) is 30.2 Å². The Bertz CT molecular complexity index is 443. The first-order valence-corrected chi connectivity index (χ1v) is 7.20. The van der Waals surface area contributed by atoms with E-state index in [9.17, 15) is 0 Å². The maximum Gasteiger partial charge on any atom is 0.160 e. The molecule has 1 aromatic heterocycles. The van der Waals surface area contributed by atoms with Gasteiger partial charge in [-0.2, -0.15) is 11.8 Å². The molecule has 1 atom stereocenters. The Morgan fingerprint density at radius 1 is 1.41 bits per heavy atom. The molecule has 1 unspecified atom stereocenters. The topological polar surface area (TPSA) is 38.2 Å². The second-order valence-electron chi connectivity index (χ2n) is 4.41. The monoisotopic (exact) mass is 271 g/mol. The van der Waals surface area contributed by atoms with Crippen molar-refractivity contribution < 1.29 is 4.74 Å². The Labute approximate surface area is 110 Å². The Balaban J connectivity index is 1.90. The molecule has 17 heavy (non-hydrogen) atoms. The zero-order valence-electron chi connectivity index (χ0n) is 9.65. The van der Waals surface area contributed by atoms with Crippen LogP contribution in [-0.2, 0) is 16.2 Å². The Hall–Kier alpha value is -0.360. The van der Waals surface area contributed by atoms with Gasteiger partial charge in [0.05, 0.1) is 12.3 Å². The molecular weight excluding hydrogens is 258 g/mol. The summed E-state index contributed by atoms with van der Waals surface area (Å²) >= 11 is 8.03. The lowest BCUT2D eigenvalue weighted by atomic mass is 10.2. The van der Waals surface area contributed by atoms with Crippen LogP contribution in [0.1, 0.15) is 23.2 Å². The Morgan fingerprint density at radius 2 is 2.29 bits per heavy atom. The van der Waals surface area contributed by atoms with Crippen LogP contribution in [0.2, 0.25) is 5.15 Å². The lowest BCUT2D eigenvalue weighted by molar-refractivity contribution is -0.0255. The summed E-state index contributed by atoms with van der Waals surface area (Å²) in [5.41, 5.74) is 2.19. The van der Waals surface area contributed by atoms with Crippen LogP contribution in [0.15, 0.2) is 0 Å². The molecule has 1 fully saturated rings. The highest BCUT2D eigenvalue weighted by atomic mass is 35.5. The highest BCUT2D eigenvalue weighted by molar-refractivity contribution is 7.98. The largest absolute Gasteiger partial charge is 0.368 e. The molecule has 0 radical (unpaired) electrons. The van der Waals surface area contributed by atoms with Gasteiger partial charge in [-0.3, -0.25) is 0 Å². The molecular formula is C11H14ClN3OS. The maximum absolute atomic E-state index is 6.20. The standard InChI is InChI=1S/C11H14ClN3OS/c1-15-2-3-16-9(4-15)11-13-8-6-17-5-7(8)10(12)14-11/h9H,2-6H2,1H3. The number of halogens is 1. The Kier molecular flexibility index (Phi) is 3.25. The van der Waals surface area contributed by atoms with Crippen molar-refractivity contribution in [3.63, 3.8) is 0 Å². The molecule has 2 aliphatic rings. The van der Waals surface area contributed by atoms with Gasteiger partial charge in [-0.1, -0.05) is 11.6 Å². The second-order valence-corrected chi connectivity index (χ2v) is 5.76. The number of thioether (sulfide) groups is 1. The van der Waals surface area contributed by atoms with Gasteiger partial charge in [0.2, 0.25) is 0 Å². The number of likely N-dealkylation sites (N-methyl/N-ethyl adjacent to an activating group) is 1. The number of hydrogen-bond acceptors (Lipinski definition) is 5. The minimum Gasteiger partial charge on any atom is -0.368 e. The van der Waals surface area contributed by atoms with Gasteiger partial charge in [-0.25, -0.2) is 9.97 Å². The van der Waals surface area contributed by atoms with Crippen molar-refractivity contribution in [2.24, 2.45) is 0 Å². The predicted molar refractivity (Wildman–Crippen MR) is 68.2 cm³/mol. The molecule has 6 heteroatoms. The SMILES string of the molecule is CN1CCOC(c2nc(Cl)c3c(n2)CSC3)C1. The molecule has 0 aromatic carbocycles. The third kappa shape index (κ3) is 2.29. The summed E-state index contributed by atoms with van der Waals surface area (Å²) in [6, 6.07) is 0. The first-order valence-electron chi connectivity index (χ1n) is 5.67. The first-order chi connectivity index (χ1) is 8.24. The van der Waals surface area contributed by atoms with E-state index in [1.807, 2.05) is 11.8 Å². The fourth-order valence-corrected chi connectivity index (χ4v) is 3.49. The normalized spacial score (nSPS) is 24.9. The number of morpholine rings is 1. The molecule has 4 nitrogen and oxygen atoms in total. The van der Waals surface area contributed by atoms with E-state index in [-0.39, 0.29) is 6.10 Å². The number of fused-ring (bicyclic) bond motifs is 1. The number of nitrogens with zero attached hydrogens (tertiary/aromatic N) is 3. The van der Waals surface area contributed by atoms with Gasteiger partial charge < -0.3 is 9.64 Å². The Morgan fingerprint density at radius 3 is 3.12 bits per heavy atom. The van der Waals surface area contributed by atoms with E-state index in [4.69, 9.17) is 16.3 Å². The van der Waals surface area contributed by atoms with E-state index in [0.29, 0.717) is 5.15 Å². The number of aromatic nitrogens is 2. The van der Waals surface area contributed by atoms with Crippen LogP contribution < -0.4 is 0 Å². The quantitative estimate of drug-likeness (QED) is 0.729. The molecule has 2 aliphatic heterocycles. The van der Waals surface area contributed by atoms with Crippen molar-refractivity contribution in [3.8, 4) is 0 Å².